The maximum atomic E-state index is 5.70. The molecule has 1 aromatic rings. The van der Waals surface area contributed by atoms with Crippen LogP contribution in [0.5, 0.6) is 0 Å². The first kappa shape index (κ1) is 7.10. The highest BCUT2D eigenvalue weighted by atomic mass is 79.9. The van der Waals surface area contributed by atoms with Crippen LogP contribution in [0.3, 0.4) is 0 Å². The van der Waals surface area contributed by atoms with E-state index in [1.54, 1.807) is 6.20 Å². The molecule has 0 saturated heterocycles. The third kappa shape index (κ3) is 1.25. The lowest BCUT2D eigenvalue weighted by molar-refractivity contribution is 1.01. The van der Waals surface area contributed by atoms with Gasteiger partial charge in [-0.25, -0.2) is 0 Å². The average molecular weight is 213 g/mol. The van der Waals surface area contributed by atoms with Gasteiger partial charge in [0.05, 0.1) is 10.2 Å². The minimum atomic E-state index is 0.660. The summed E-state index contributed by atoms with van der Waals surface area (Å²) in [7, 11) is 0. The molecular formula is C8H9BrN2. The zero-order valence-electron chi connectivity index (χ0n) is 6.05. The standard InChI is InChI=1S/C8H9BrN2/c9-7-6(10)3-4-11-8(7)5-1-2-5/h3-5H,1-2H2,(H2,10,11). The van der Waals surface area contributed by atoms with Crippen LogP contribution in [0, 0.1) is 0 Å². The fourth-order valence-corrected chi connectivity index (χ4v) is 1.68. The van der Waals surface area contributed by atoms with Gasteiger partial charge >= 0.3 is 0 Å². The van der Waals surface area contributed by atoms with E-state index >= 15 is 0 Å². The van der Waals surface area contributed by atoms with E-state index in [4.69, 9.17) is 5.73 Å². The Morgan fingerprint density at radius 1 is 1.55 bits per heavy atom. The number of anilines is 1. The van der Waals surface area contributed by atoms with E-state index in [1.807, 2.05) is 6.07 Å². The smallest absolute Gasteiger partial charge is 0.0623 e. The van der Waals surface area contributed by atoms with Gasteiger partial charge in [-0.05, 0) is 34.8 Å². The van der Waals surface area contributed by atoms with Crippen LogP contribution in [0.15, 0.2) is 16.7 Å². The van der Waals surface area contributed by atoms with E-state index in [2.05, 4.69) is 20.9 Å². The van der Waals surface area contributed by atoms with Gasteiger partial charge in [-0.15, -0.1) is 0 Å². The van der Waals surface area contributed by atoms with E-state index in [0.717, 1.165) is 15.9 Å². The fraction of sp³-hybridized carbons (Fsp3) is 0.375. The second-order valence-corrected chi connectivity index (χ2v) is 3.67. The monoisotopic (exact) mass is 212 g/mol. The van der Waals surface area contributed by atoms with Gasteiger partial charge in [0, 0.05) is 17.8 Å². The molecule has 1 heterocycles. The van der Waals surface area contributed by atoms with Crippen LogP contribution < -0.4 is 5.73 Å². The molecule has 2 N–H and O–H groups in total. The van der Waals surface area contributed by atoms with Gasteiger partial charge < -0.3 is 5.73 Å². The van der Waals surface area contributed by atoms with E-state index in [-0.39, 0.29) is 0 Å². The molecular weight excluding hydrogens is 204 g/mol. The number of aromatic nitrogens is 1. The highest BCUT2D eigenvalue weighted by molar-refractivity contribution is 9.10. The predicted octanol–water partition coefficient (Wildman–Crippen LogP) is 2.30. The normalized spacial score (nSPS) is 16.8. The first-order valence-electron chi connectivity index (χ1n) is 3.69. The summed E-state index contributed by atoms with van der Waals surface area (Å²) in [5.41, 5.74) is 7.62. The van der Waals surface area contributed by atoms with Crippen molar-refractivity contribution in [3.63, 3.8) is 0 Å². The van der Waals surface area contributed by atoms with Crippen molar-refractivity contribution in [1.82, 2.24) is 4.98 Å². The van der Waals surface area contributed by atoms with Crippen LogP contribution in [-0.2, 0) is 0 Å². The van der Waals surface area contributed by atoms with Crippen molar-refractivity contribution in [2.24, 2.45) is 0 Å². The number of nitrogens with zero attached hydrogens (tertiary/aromatic N) is 1. The van der Waals surface area contributed by atoms with Crippen LogP contribution in [0.4, 0.5) is 5.69 Å². The summed E-state index contributed by atoms with van der Waals surface area (Å²) in [6.07, 6.45) is 4.29. The van der Waals surface area contributed by atoms with Gasteiger partial charge in [0.15, 0.2) is 0 Å². The predicted molar refractivity (Wildman–Crippen MR) is 48.3 cm³/mol. The van der Waals surface area contributed by atoms with Gasteiger partial charge in [0.1, 0.15) is 0 Å². The second kappa shape index (κ2) is 2.48. The quantitative estimate of drug-likeness (QED) is 0.777. The fourth-order valence-electron chi connectivity index (χ4n) is 1.12. The molecule has 0 bridgehead atoms. The third-order valence-corrected chi connectivity index (χ3v) is 2.77. The van der Waals surface area contributed by atoms with E-state index < -0.39 is 0 Å². The molecule has 0 spiro atoms. The maximum absolute atomic E-state index is 5.70. The summed E-state index contributed by atoms with van der Waals surface area (Å²) in [5, 5.41) is 0. The van der Waals surface area contributed by atoms with Crippen LogP contribution >= 0.6 is 15.9 Å². The minimum Gasteiger partial charge on any atom is -0.398 e. The molecule has 0 amide bonds. The molecule has 1 aromatic heterocycles. The first-order chi connectivity index (χ1) is 5.29. The lowest BCUT2D eigenvalue weighted by Crippen LogP contribution is -1.93. The Balaban J connectivity index is 2.45. The molecule has 1 saturated carbocycles. The van der Waals surface area contributed by atoms with Crippen molar-refractivity contribution < 1.29 is 0 Å². The number of pyridine rings is 1. The van der Waals surface area contributed by atoms with E-state index in [1.165, 1.54) is 12.8 Å². The number of hydrogen-bond acceptors (Lipinski definition) is 2. The first-order valence-corrected chi connectivity index (χ1v) is 4.48. The zero-order valence-corrected chi connectivity index (χ0v) is 7.63. The molecule has 0 aliphatic heterocycles. The SMILES string of the molecule is Nc1ccnc(C2CC2)c1Br. The number of nitrogen functional groups attached to an aromatic ring is 1. The Hall–Kier alpha value is -0.570. The van der Waals surface area contributed by atoms with Gasteiger partial charge in [-0.3, -0.25) is 4.98 Å². The molecule has 1 aliphatic carbocycles. The minimum absolute atomic E-state index is 0.660. The van der Waals surface area contributed by atoms with Gasteiger partial charge in [-0.1, -0.05) is 0 Å². The largest absolute Gasteiger partial charge is 0.398 e. The summed E-state index contributed by atoms with van der Waals surface area (Å²) in [4.78, 5) is 4.27. The molecule has 11 heavy (non-hydrogen) atoms. The lowest BCUT2D eigenvalue weighted by atomic mass is 10.2. The molecule has 0 radical (unpaired) electrons. The molecule has 0 aromatic carbocycles. The Morgan fingerprint density at radius 3 is 2.91 bits per heavy atom. The molecule has 2 nitrogen and oxygen atoms in total. The molecule has 0 unspecified atom stereocenters. The highest BCUT2D eigenvalue weighted by Crippen LogP contribution is 2.43. The van der Waals surface area contributed by atoms with Crippen molar-refractivity contribution in [3.8, 4) is 0 Å². The highest BCUT2D eigenvalue weighted by Gasteiger charge is 2.27. The molecule has 3 heteroatoms. The summed E-state index contributed by atoms with van der Waals surface area (Å²) < 4.78 is 0.988. The number of nitrogens with two attached hydrogens (primary N) is 1. The Bertz CT molecular complexity index is 281. The zero-order chi connectivity index (χ0) is 7.84. The average Bonchev–Trinajstić information content (AvgIpc) is 2.77. The Labute approximate surface area is 73.9 Å². The molecule has 1 fully saturated rings. The van der Waals surface area contributed by atoms with Crippen molar-refractivity contribution >= 4 is 21.6 Å². The van der Waals surface area contributed by atoms with Crippen molar-refractivity contribution in [2.75, 3.05) is 5.73 Å². The van der Waals surface area contributed by atoms with E-state index in [0.29, 0.717) is 5.92 Å². The Kier molecular flexibility index (Phi) is 1.60. The topological polar surface area (TPSA) is 38.9 Å². The number of halogens is 1. The summed E-state index contributed by atoms with van der Waals surface area (Å²) in [6, 6.07) is 1.82. The van der Waals surface area contributed by atoms with Crippen molar-refractivity contribution in [1.29, 1.82) is 0 Å². The number of hydrogen-bond donors (Lipinski definition) is 1. The third-order valence-electron chi connectivity index (χ3n) is 1.91. The Morgan fingerprint density at radius 2 is 2.27 bits per heavy atom. The summed E-state index contributed by atoms with van der Waals surface area (Å²) >= 11 is 3.43. The van der Waals surface area contributed by atoms with Crippen molar-refractivity contribution in [2.45, 2.75) is 18.8 Å². The van der Waals surface area contributed by atoms with Crippen LogP contribution in [0.2, 0.25) is 0 Å². The van der Waals surface area contributed by atoms with Crippen LogP contribution in [0.25, 0.3) is 0 Å². The maximum Gasteiger partial charge on any atom is 0.0623 e. The van der Waals surface area contributed by atoms with Crippen LogP contribution in [-0.4, -0.2) is 4.98 Å². The molecule has 58 valence electrons. The molecule has 0 atom stereocenters. The van der Waals surface area contributed by atoms with Gasteiger partial charge in [0.25, 0.3) is 0 Å². The summed E-state index contributed by atoms with van der Waals surface area (Å²) in [5.74, 6) is 0.660. The van der Waals surface area contributed by atoms with Crippen LogP contribution in [0.1, 0.15) is 24.5 Å². The summed E-state index contributed by atoms with van der Waals surface area (Å²) in [6.45, 7) is 0. The molecule has 1 aliphatic rings. The second-order valence-electron chi connectivity index (χ2n) is 2.87. The molecule has 2 rings (SSSR count). The number of rotatable bonds is 1. The van der Waals surface area contributed by atoms with E-state index in [9.17, 15) is 0 Å². The van der Waals surface area contributed by atoms with Gasteiger partial charge in [-0.2, -0.15) is 0 Å². The lowest BCUT2D eigenvalue weighted by Gasteiger charge is -2.02. The van der Waals surface area contributed by atoms with Gasteiger partial charge in [0.2, 0.25) is 0 Å². The van der Waals surface area contributed by atoms with Crippen molar-refractivity contribution in [3.05, 3.63) is 22.4 Å².